The number of hydrogen-bond donors (Lipinski definition) is 0. The summed E-state index contributed by atoms with van der Waals surface area (Å²) in [7, 11) is 3.34. The van der Waals surface area contributed by atoms with E-state index in [1.807, 2.05) is 236 Å². The number of rotatable bonds is 26. The third-order valence-corrected chi connectivity index (χ3v) is 30.4. The van der Waals surface area contributed by atoms with E-state index in [0.717, 1.165) is 181 Å². The fourth-order valence-corrected chi connectivity index (χ4v) is 18.5. The third-order valence-electron chi connectivity index (χ3n) is 30.4. The van der Waals surface area contributed by atoms with E-state index in [1.54, 1.807) is 14.2 Å². The molecule has 17 rings (SSSR count). The van der Waals surface area contributed by atoms with E-state index >= 15 is 0 Å². The summed E-state index contributed by atoms with van der Waals surface area (Å²) in [6, 6.07) is 76.9. The molecule has 0 N–H and O–H groups in total. The number of fused-ring (bicyclic) bond motifs is 10. The van der Waals surface area contributed by atoms with Crippen molar-refractivity contribution in [2.75, 3.05) is 14.2 Å². The van der Waals surface area contributed by atoms with Crippen molar-refractivity contribution >= 4 is 63.3 Å². The molecule has 11 aromatic rings. The predicted molar refractivity (Wildman–Crippen MR) is 578 cm³/mol. The molecule has 0 fully saturated rings. The molecular formula is C128H160O16. The molecule has 6 aliphatic rings. The molecule has 768 valence electrons. The van der Waals surface area contributed by atoms with Gasteiger partial charge in [0.05, 0.1) is 54.1 Å². The van der Waals surface area contributed by atoms with Gasteiger partial charge < -0.3 is 42.6 Å². The summed E-state index contributed by atoms with van der Waals surface area (Å²) in [6.07, 6.45) is 21.9. The van der Waals surface area contributed by atoms with E-state index in [1.165, 1.54) is 105 Å². The van der Waals surface area contributed by atoms with Crippen molar-refractivity contribution in [3.8, 4) is 11.5 Å². The molecule has 16 heteroatoms. The van der Waals surface area contributed by atoms with Crippen LogP contribution in [0.4, 0.5) is 0 Å². The summed E-state index contributed by atoms with van der Waals surface area (Å²) in [6.45, 7) is 39.3. The summed E-state index contributed by atoms with van der Waals surface area (Å²) in [5.74, 6) is 0.797. The Morgan fingerprint density at radius 2 is 0.618 bits per heavy atom. The summed E-state index contributed by atoms with van der Waals surface area (Å²) >= 11 is 0. The van der Waals surface area contributed by atoms with Gasteiger partial charge in [-0.15, -0.1) is 0 Å². The number of aryl methyl sites for hydroxylation is 6. The number of benzene rings is 11. The highest BCUT2D eigenvalue weighted by Crippen LogP contribution is 2.45. The van der Waals surface area contributed by atoms with Gasteiger partial charge in [0.1, 0.15) is 42.0 Å². The van der Waals surface area contributed by atoms with Crippen LogP contribution in [-0.2, 0) is 118 Å². The van der Waals surface area contributed by atoms with Crippen molar-refractivity contribution in [1.29, 1.82) is 0 Å². The van der Waals surface area contributed by atoms with E-state index in [-0.39, 0.29) is 108 Å². The normalized spacial score (nSPS) is 16.2. The zero-order chi connectivity index (χ0) is 104. The Bertz CT molecular complexity index is 6000. The molecule has 9 atom stereocenters. The Balaban J connectivity index is 0.000000160. The molecule has 0 saturated carbocycles. The van der Waals surface area contributed by atoms with Crippen LogP contribution in [0.25, 0.3) is 21.5 Å². The molecule has 16 nitrogen and oxygen atoms in total. The number of carbonyl (C=O) groups is 7. The second kappa shape index (κ2) is 53.1. The fourth-order valence-electron chi connectivity index (χ4n) is 18.5. The van der Waals surface area contributed by atoms with Gasteiger partial charge in [-0.2, -0.15) is 0 Å². The van der Waals surface area contributed by atoms with Crippen LogP contribution in [0.5, 0.6) is 11.5 Å². The maximum atomic E-state index is 12.6. The SMILES string of the molecule is CCC(C)(C)C(=O)OC(C)c1ccc2c(c1)CCCC2.CCC(C)(C)C(=O)OC1CCCc2cc(OC)ccc21.CCC(C)(C)C(=O)OC1c2ccccc2Cc2ccccc21.CCC(C)C(=O)OC(C)c1c2ccccc2cc2ccccc12.CCC(C)C(=O)OC(C)c1ccc2c(c1)CCCC2.CCC(C)C(=O)OC1CCCc2cc(OC)ccc21.CCC(C)C(=O)OC1c2ccccc2Cc2ccccc21. The summed E-state index contributed by atoms with van der Waals surface area (Å²) in [4.78, 5) is 85.2. The minimum atomic E-state index is -0.457. The molecule has 144 heavy (non-hydrogen) atoms. The minimum Gasteiger partial charge on any atom is -0.497 e. The molecule has 0 saturated heterocycles. The average molecular weight is 1950 g/mol. The van der Waals surface area contributed by atoms with Gasteiger partial charge in [-0.05, 0) is 340 Å². The van der Waals surface area contributed by atoms with Crippen LogP contribution in [0, 0.1) is 39.9 Å². The topological polar surface area (TPSA) is 203 Å². The highest BCUT2D eigenvalue weighted by atomic mass is 16.6. The first-order valence-electron chi connectivity index (χ1n) is 53.3. The van der Waals surface area contributed by atoms with Crippen molar-refractivity contribution in [3.05, 3.63) is 330 Å². The zero-order valence-corrected chi connectivity index (χ0v) is 90.0. The first-order valence-corrected chi connectivity index (χ1v) is 53.3. The van der Waals surface area contributed by atoms with Crippen LogP contribution in [0.15, 0.2) is 224 Å². The second-order valence-corrected chi connectivity index (χ2v) is 41.8. The van der Waals surface area contributed by atoms with E-state index in [9.17, 15) is 33.6 Å². The summed E-state index contributed by atoms with van der Waals surface area (Å²) in [5, 5.41) is 4.64. The Morgan fingerprint density at radius 3 is 1.01 bits per heavy atom. The van der Waals surface area contributed by atoms with Crippen LogP contribution < -0.4 is 9.47 Å². The lowest BCUT2D eigenvalue weighted by atomic mass is 9.83. The predicted octanol–water partition coefficient (Wildman–Crippen LogP) is 31.1. The van der Waals surface area contributed by atoms with Crippen LogP contribution in [-0.4, -0.2) is 56.0 Å². The Morgan fingerprint density at radius 1 is 0.292 bits per heavy atom. The van der Waals surface area contributed by atoms with Crippen LogP contribution >= 0.6 is 0 Å². The number of ether oxygens (including phenoxy) is 9. The molecule has 0 bridgehead atoms. The lowest BCUT2D eigenvalue weighted by Crippen LogP contribution is -2.29. The van der Waals surface area contributed by atoms with Crippen LogP contribution in [0.3, 0.4) is 0 Å². The molecule has 0 radical (unpaired) electrons. The van der Waals surface area contributed by atoms with Gasteiger partial charge >= 0.3 is 41.8 Å². The van der Waals surface area contributed by atoms with E-state index in [2.05, 4.69) is 127 Å². The van der Waals surface area contributed by atoms with Gasteiger partial charge in [-0.25, -0.2) is 0 Å². The number of methoxy groups -OCH3 is 2. The average Bonchev–Trinajstić information content (AvgIpc) is 0.769. The van der Waals surface area contributed by atoms with Gasteiger partial charge in [-0.3, -0.25) is 33.6 Å². The van der Waals surface area contributed by atoms with Crippen LogP contribution in [0.2, 0.25) is 0 Å². The number of hydrogen-bond acceptors (Lipinski definition) is 16. The molecule has 11 aromatic carbocycles. The lowest BCUT2D eigenvalue weighted by molar-refractivity contribution is -0.161. The van der Waals surface area contributed by atoms with Crippen molar-refractivity contribution < 1.29 is 76.2 Å². The number of carbonyl (C=O) groups excluding carboxylic acids is 7. The standard InChI is InChI=1S/C21H22O2.C20H22O2.C19H20O2.C18H26O2.C17H24O3.C17H24O2.C16H22O3/c1-4-14(2)21(22)23-15(3)20-18-11-7-5-9-16(18)13-17-10-6-8-12-19(17)20;1-4-20(2,3)19(21)22-18-16-11-7-5-9-14(16)13-15-10-6-8-12-17(15)18;1-3-13(2)19(20)21-18-16-10-6-4-8-14(16)12-15-9-5-7-11-17(15)18;1-5-18(3,4)17(19)20-13(2)15-11-10-14-8-6-7-9-16(14)12-15;1-5-17(2,3)16(18)20-15-8-6-7-12-11-13(19-4)9-10-14(12)15;1-4-12(2)17(18)19-13(3)15-10-9-14-7-5-6-8-16(14)11-15;1-4-11(2)16(17)19-15-7-5-6-12-10-13(18-3)8-9-14(12)15/h5-15H,4H2,1-3H3;5-12,18H,4,13H2,1-3H3;4-11,13,18H,3,12H2,1-2H3;10-13H,5-9H2,1-4H3;9-11,15H,5-8H2,1-4H3;9-13H,4-8H2,1-3H3;8-11,15H,4-7H2,1-3H3. The maximum Gasteiger partial charge on any atom is 0.312 e. The first kappa shape index (κ1) is 112. The largest absolute Gasteiger partial charge is 0.497 e. The second-order valence-electron chi connectivity index (χ2n) is 41.8. The molecule has 9 unspecified atom stereocenters. The van der Waals surface area contributed by atoms with Gasteiger partial charge in [0, 0.05) is 27.8 Å². The first-order chi connectivity index (χ1) is 69.0. The highest BCUT2D eigenvalue weighted by molar-refractivity contribution is 6.03. The monoisotopic (exact) mass is 1950 g/mol. The smallest absolute Gasteiger partial charge is 0.312 e. The van der Waals surface area contributed by atoms with E-state index in [0.29, 0.717) is 0 Å². The van der Waals surface area contributed by atoms with Gasteiger partial charge in [0.25, 0.3) is 0 Å². The molecule has 0 spiro atoms. The molecule has 0 amide bonds. The molecule has 6 aliphatic carbocycles. The fraction of sp³-hybridized carbons (Fsp3) is 0.461. The molecule has 0 aliphatic heterocycles. The summed E-state index contributed by atoms with van der Waals surface area (Å²) < 4.78 is 50.7. The maximum absolute atomic E-state index is 12.6. The Hall–Kier alpha value is -12.2. The van der Waals surface area contributed by atoms with E-state index in [4.69, 9.17) is 42.6 Å². The minimum absolute atomic E-state index is 0.0138. The van der Waals surface area contributed by atoms with E-state index < -0.39 is 16.2 Å². The van der Waals surface area contributed by atoms with Gasteiger partial charge in [0.2, 0.25) is 0 Å². The quantitative estimate of drug-likeness (QED) is 0.0281. The third kappa shape index (κ3) is 29.4. The van der Waals surface area contributed by atoms with Gasteiger partial charge in [-0.1, -0.05) is 270 Å². The van der Waals surface area contributed by atoms with Crippen molar-refractivity contribution in [3.63, 3.8) is 0 Å². The van der Waals surface area contributed by atoms with Crippen LogP contribution in [0.1, 0.15) is 383 Å². The Labute approximate surface area is 858 Å². The molecular weight excluding hydrogens is 1790 g/mol. The summed E-state index contributed by atoms with van der Waals surface area (Å²) in [5.41, 5.74) is 22.1. The van der Waals surface area contributed by atoms with Crippen molar-refractivity contribution in [2.45, 2.75) is 329 Å². The molecule has 0 aromatic heterocycles. The highest BCUT2D eigenvalue weighted by Gasteiger charge is 2.38. The Kier molecular flexibility index (Phi) is 41.3. The number of esters is 7. The molecule has 0 heterocycles. The van der Waals surface area contributed by atoms with Crippen molar-refractivity contribution in [1.82, 2.24) is 0 Å². The van der Waals surface area contributed by atoms with Gasteiger partial charge in [0.15, 0.2) is 12.2 Å². The lowest BCUT2D eigenvalue weighted by Gasteiger charge is -2.31. The zero-order valence-electron chi connectivity index (χ0n) is 90.0. The van der Waals surface area contributed by atoms with Crippen molar-refractivity contribution in [2.24, 2.45) is 39.9 Å².